The standard InChI is InChI=1S/C12H13N5O3/c1-20-10-3-2-7(5-11(18)19)4-8(10)16-17-9(6-13)12(14)15/h2-4,16H,5H2,1H3,(H3,14,15)(H,18,19)/b17-9+. The van der Waals surface area contributed by atoms with Gasteiger partial charge in [-0.25, -0.2) is 0 Å². The summed E-state index contributed by atoms with van der Waals surface area (Å²) in [6.45, 7) is 0. The Morgan fingerprint density at radius 1 is 1.65 bits per heavy atom. The topological polar surface area (TPSA) is 145 Å². The molecule has 0 aliphatic heterocycles. The van der Waals surface area contributed by atoms with E-state index in [1.807, 2.05) is 0 Å². The summed E-state index contributed by atoms with van der Waals surface area (Å²) in [7, 11) is 1.44. The van der Waals surface area contributed by atoms with Crippen molar-refractivity contribution in [2.45, 2.75) is 6.42 Å². The van der Waals surface area contributed by atoms with Gasteiger partial charge in [0.15, 0.2) is 5.84 Å². The summed E-state index contributed by atoms with van der Waals surface area (Å²) in [5.74, 6) is -1.02. The molecule has 1 aromatic carbocycles. The highest BCUT2D eigenvalue weighted by atomic mass is 16.5. The molecule has 5 N–H and O–H groups in total. The number of anilines is 1. The molecule has 0 spiro atoms. The Kier molecular flexibility index (Phi) is 5.05. The lowest BCUT2D eigenvalue weighted by Crippen LogP contribution is -2.21. The van der Waals surface area contributed by atoms with Gasteiger partial charge < -0.3 is 15.6 Å². The average molecular weight is 275 g/mol. The number of benzene rings is 1. The van der Waals surface area contributed by atoms with E-state index in [1.165, 1.54) is 13.2 Å². The van der Waals surface area contributed by atoms with Gasteiger partial charge in [-0.15, -0.1) is 0 Å². The van der Waals surface area contributed by atoms with Crippen molar-refractivity contribution in [3.05, 3.63) is 23.8 Å². The van der Waals surface area contributed by atoms with Crippen molar-refractivity contribution in [2.75, 3.05) is 12.5 Å². The first-order valence-corrected chi connectivity index (χ1v) is 5.44. The fourth-order valence-electron chi connectivity index (χ4n) is 1.39. The van der Waals surface area contributed by atoms with Gasteiger partial charge in [-0.1, -0.05) is 6.07 Å². The van der Waals surface area contributed by atoms with E-state index in [4.69, 9.17) is 26.2 Å². The van der Waals surface area contributed by atoms with Crippen LogP contribution in [0.15, 0.2) is 23.3 Å². The second-order valence-electron chi connectivity index (χ2n) is 3.70. The third-order valence-electron chi connectivity index (χ3n) is 2.27. The van der Waals surface area contributed by atoms with Crippen molar-refractivity contribution in [2.24, 2.45) is 10.8 Å². The number of carboxylic acids is 1. The summed E-state index contributed by atoms with van der Waals surface area (Å²) in [6, 6.07) is 6.38. The number of hydrogen-bond donors (Lipinski definition) is 4. The number of carbonyl (C=O) groups is 1. The molecule has 0 atom stereocenters. The maximum absolute atomic E-state index is 10.7. The number of carboxylic acid groups (broad SMARTS) is 1. The number of amidine groups is 1. The van der Waals surface area contributed by atoms with Crippen molar-refractivity contribution < 1.29 is 14.6 Å². The van der Waals surface area contributed by atoms with Crippen LogP contribution in [0.4, 0.5) is 5.69 Å². The Labute approximate surface area is 115 Å². The lowest BCUT2D eigenvalue weighted by molar-refractivity contribution is -0.136. The highest BCUT2D eigenvalue weighted by Crippen LogP contribution is 2.25. The number of hydrazone groups is 1. The van der Waals surface area contributed by atoms with E-state index in [2.05, 4.69) is 10.5 Å². The first kappa shape index (κ1) is 15.0. The van der Waals surface area contributed by atoms with E-state index in [0.29, 0.717) is 17.0 Å². The van der Waals surface area contributed by atoms with Crippen molar-refractivity contribution in [1.82, 2.24) is 0 Å². The molecule has 1 aromatic rings. The quantitative estimate of drug-likeness (QED) is 0.339. The Hall–Kier alpha value is -3.08. The molecule has 0 aromatic heterocycles. The van der Waals surface area contributed by atoms with Crippen LogP contribution >= 0.6 is 0 Å². The van der Waals surface area contributed by atoms with Crippen LogP contribution in [0.5, 0.6) is 5.75 Å². The van der Waals surface area contributed by atoms with Gasteiger partial charge >= 0.3 is 5.97 Å². The molecule has 8 nitrogen and oxygen atoms in total. The maximum atomic E-state index is 10.7. The minimum Gasteiger partial charge on any atom is -0.495 e. The number of ether oxygens (including phenoxy) is 1. The Morgan fingerprint density at radius 3 is 2.85 bits per heavy atom. The summed E-state index contributed by atoms with van der Waals surface area (Å²) in [4.78, 5) is 10.7. The molecule has 20 heavy (non-hydrogen) atoms. The molecular formula is C12H13N5O3. The van der Waals surface area contributed by atoms with Crippen LogP contribution in [-0.4, -0.2) is 29.7 Å². The van der Waals surface area contributed by atoms with E-state index >= 15 is 0 Å². The van der Waals surface area contributed by atoms with Gasteiger partial charge in [-0.3, -0.25) is 15.6 Å². The highest BCUT2D eigenvalue weighted by molar-refractivity contribution is 6.45. The zero-order valence-corrected chi connectivity index (χ0v) is 10.7. The largest absolute Gasteiger partial charge is 0.495 e. The lowest BCUT2D eigenvalue weighted by Gasteiger charge is -2.09. The third kappa shape index (κ3) is 3.99. The van der Waals surface area contributed by atoms with Crippen LogP contribution in [0, 0.1) is 16.7 Å². The van der Waals surface area contributed by atoms with E-state index in [0.717, 1.165) is 0 Å². The third-order valence-corrected chi connectivity index (χ3v) is 2.27. The molecule has 0 saturated carbocycles. The zero-order valence-electron chi connectivity index (χ0n) is 10.7. The summed E-state index contributed by atoms with van der Waals surface area (Å²) >= 11 is 0. The minimum absolute atomic E-state index is 0.153. The van der Waals surface area contributed by atoms with E-state index < -0.39 is 11.8 Å². The first-order chi connectivity index (χ1) is 9.47. The van der Waals surface area contributed by atoms with Crippen LogP contribution in [0.3, 0.4) is 0 Å². The lowest BCUT2D eigenvalue weighted by atomic mass is 10.1. The van der Waals surface area contributed by atoms with Gasteiger partial charge in [0.05, 0.1) is 19.2 Å². The van der Waals surface area contributed by atoms with Crippen LogP contribution in [0.25, 0.3) is 0 Å². The maximum Gasteiger partial charge on any atom is 0.307 e. The predicted molar refractivity (Wildman–Crippen MR) is 72.9 cm³/mol. The van der Waals surface area contributed by atoms with Gasteiger partial charge in [0.2, 0.25) is 5.71 Å². The molecular weight excluding hydrogens is 262 g/mol. The SMILES string of the molecule is COc1ccc(CC(=O)O)cc1N/N=C(\C#N)C(=N)N. The number of nitriles is 1. The number of nitrogens with two attached hydrogens (primary N) is 1. The van der Waals surface area contributed by atoms with Gasteiger partial charge in [0, 0.05) is 0 Å². The molecule has 0 amide bonds. The number of rotatable bonds is 6. The molecule has 1 rings (SSSR count). The Balaban J connectivity index is 3.06. The van der Waals surface area contributed by atoms with Crippen LogP contribution in [0.2, 0.25) is 0 Å². The molecule has 0 fully saturated rings. The molecule has 0 heterocycles. The number of methoxy groups -OCH3 is 1. The van der Waals surface area contributed by atoms with Gasteiger partial charge in [-0.05, 0) is 17.7 Å². The van der Waals surface area contributed by atoms with E-state index in [-0.39, 0.29) is 12.1 Å². The zero-order chi connectivity index (χ0) is 15.1. The Morgan fingerprint density at radius 2 is 2.35 bits per heavy atom. The fraction of sp³-hybridized carbons (Fsp3) is 0.167. The molecule has 0 unspecified atom stereocenters. The monoisotopic (exact) mass is 275 g/mol. The first-order valence-electron chi connectivity index (χ1n) is 5.44. The highest BCUT2D eigenvalue weighted by Gasteiger charge is 2.08. The number of nitrogens with one attached hydrogen (secondary N) is 2. The van der Waals surface area contributed by atoms with Crippen molar-refractivity contribution in [3.8, 4) is 11.8 Å². The Bertz CT molecular complexity index is 604. The second-order valence-corrected chi connectivity index (χ2v) is 3.70. The number of aliphatic carboxylic acids is 1. The van der Waals surface area contributed by atoms with Crippen LogP contribution < -0.4 is 15.9 Å². The molecule has 0 aliphatic rings. The molecule has 0 saturated heterocycles. The van der Waals surface area contributed by atoms with Crippen molar-refractivity contribution in [3.63, 3.8) is 0 Å². The average Bonchev–Trinajstić information content (AvgIpc) is 2.38. The van der Waals surface area contributed by atoms with Crippen LogP contribution in [0.1, 0.15) is 5.56 Å². The summed E-state index contributed by atoms with van der Waals surface area (Å²) in [6.07, 6.45) is -0.153. The summed E-state index contributed by atoms with van der Waals surface area (Å²) in [5, 5.41) is 28.3. The molecule has 8 heteroatoms. The predicted octanol–water partition coefficient (Wildman–Crippen LogP) is 0.550. The number of nitrogens with zero attached hydrogens (tertiary/aromatic N) is 2. The molecule has 0 bridgehead atoms. The second kappa shape index (κ2) is 6.75. The summed E-state index contributed by atoms with van der Waals surface area (Å²) < 4.78 is 5.08. The van der Waals surface area contributed by atoms with Gasteiger partial charge in [0.25, 0.3) is 0 Å². The van der Waals surface area contributed by atoms with E-state index in [9.17, 15) is 4.79 Å². The van der Waals surface area contributed by atoms with Crippen molar-refractivity contribution >= 4 is 23.2 Å². The smallest absolute Gasteiger partial charge is 0.307 e. The molecule has 0 radical (unpaired) electrons. The molecule has 104 valence electrons. The summed E-state index contributed by atoms with van der Waals surface area (Å²) in [5.41, 5.74) is 8.33. The van der Waals surface area contributed by atoms with Gasteiger partial charge in [-0.2, -0.15) is 10.4 Å². The van der Waals surface area contributed by atoms with Crippen LogP contribution in [-0.2, 0) is 11.2 Å². The minimum atomic E-state index is -0.967. The van der Waals surface area contributed by atoms with Crippen molar-refractivity contribution in [1.29, 1.82) is 10.7 Å². The van der Waals surface area contributed by atoms with Gasteiger partial charge in [0.1, 0.15) is 11.8 Å². The molecule has 0 aliphatic carbocycles. The fourth-order valence-corrected chi connectivity index (χ4v) is 1.39. The number of hydrogen-bond acceptors (Lipinski definition) is 6. The normalized spacial score (nSPS) is 10.5. The van der Waals surface area contributed by atoms with E-state index in [1.54, 1.807) is 18.2 Å².